The zero-order chi connectivity index (χ0) is 32.2. The van der Waals surface area contributed by atoms with Gasteiger partial charge in [-0.05, 0) is 6.92 Å². The number of hydrogen-bond donors (Lipinski definition) is 4. The predicted octanol–water partition coefficient (Wildman–Crippen LogP) is -0.826. The Balaban J connectivity index is 0.00000821. The zero-order valence-corrected chi connectivity index (χ0v) is 26.3. The lowest BCUT2D eigenvalue weighted by Gasteiger charge is -2.19. The molecule has 1 fully saturated rings. The first-order chi connectivity index (χ1) is 19.9. The highest BCUT2D eigenvalue weighted by atomic mass is 32.2. The number of aldehydes is 1. The molecule has 15 heteroatoms. The first-order valence-corrected chi connectivity index (χ1v) is 15.2. The van der Waals surface area contributed by atoms with Gasteiger partial charge in [-0.3, -0.25) is 33.7 Å². The highest BCUT2D eigenvalue weighted by Gasteiger charge is 2.38. The van der Waals surface area contributed by atoms with Crippen LogP contribution in [0.4, 0.5) is 0 Å². The first kappa shape index (κ1) is 39.1. The van der Waals surface area contributed by atoms with E-state index in [-0.39, 0.29) is 81.4 Å². The van der Waals surface area contributed by atoms with Gasteiger partial charge < -0.3 is 36.0 Å². The third-order valence-electron chi connectivity index (χ3n) is 5.89. The molecule has 0 saturated carbocycles. The summed E-state index contributed by atoms with van der Waals surface area (Å²) in [5.74, 6) is -2.37. The van der Waals surface area contributed by atoms with Gasteiger partial charge in [-0.15, -0.1) is 11.8 Å². The number of imide groups is 1. The van der Waals surface area contributed by atoms with E-state index in [2.05, 4.69) is 16.0 Å². The standard InChI is InChI=1S/C25H41N5O9S.C2H6/c1-5-30-22(34)11-18(25(30)37)39-9-7-29-24(36)19(40-14-17(26)23(35)15(2)3)12-21(33)28-6-8-38-16(13-31)10-20(32)27-4;1-2/h13,15-19H,5-12,14,26H2,1-4H3,(H,27,32)(H,28,33)(H,29,36);1-2H3. The maximum absolute atomic E-state index is 12.9. The van der Waals surface area contributed by atoms with Crippen LogP contribution in [0.1, 0.15) is 53.9 Å². The number of ketones is 1. The maximum Gasteiger partial charge on any atom is 0.258 e. The number of likely N-dealkylation sites (tertiary alicyclic amines) is 1. The lowest BCUT2D eigenvalue weighted by molar-refractivity contribution is -0.141. The number of amides is 5. The molecule has 42 heavy (non-hydrogen) atoms. The van der Waals surface area contributed by atoms with E-state index < -0.39 is 41.2 Å². The third-order valence-corrected chi connectivity index (χ3v) is 7.22. The Bertz CT molecular complexity index is 918. The average Bonchev–Trinajstić information content (AvgIpc) is 3.26. The second-order valence-corrected chi connectivity index (χ2v) is 10.5. The molecule has 1 heterocycles. The number of carbonyl (C=O) groups excluding carboxylic acids is 7. The van der Waals surface area contributed by atoms with Gasteiger partial charge in [-0.2, -0.15) is 0 Å². The quantitative estimate of drug-likeness (QED) is 0.0754. The highest BCUT2D eigenvalue weighted by Crippen LogP contribution is 2.18. The lowest BCUT2D eigenvalue weighted by atomic mass is 10.0. The van der Waals surface area contributed by atoms with Crippen LogP contribution in [0, 0.1) is 5.92 Å². The Labute approximate surface area is 251 Å². The molecule has 0 radical (unpaired) electrons. The van der Waals surface area contributed by atoms with Crippen LogP contribution >= 0.6 is 11.8 Å². The Hall–Kier alpha value is -2.88. The van der Waals surface area contributed by atoms with Crippen LogP contribution in [0.25, 0.3) is 0 Å². The summed E-state index contributed by atoms with van der Waals surface area (Å²) >= 11 is 1.07. The second kappa shape index (κ2) is 21.8. The van der Waals surface area contributed by atoms with Crippen LogP contribution in [0.15, 0.2) is 0 Å². The van der Waals surface area contributed by atoms with E-state index in [1.807, 2.05) is 13.8 Å². The van der Waals surface area contributed by atoms with Gasteiger partial charge in [-0.25, -0.2) is 0 Å². The Morgan fingerprint density at radius 3 is 2.26 bits per heavy atom. The fourth-order valence-corrected chi connectivity index (χ4v) is 4.74. The van der Waals surface area contributed by atoms with Crippen LogP contribution in [-0.2, 0) is 43.0 Å². The Morgan fingerprint density at radius 1 is 1.07 bits per heavy atom. The predicted molar refractivity (Wildman–Crippen MR) is 157 cm³/mol. The zero-order valence-electron chi connectivity index (χ0n) is 25.4. The number of ether oxygens (including phenoxy) is 2. The van der Waals surface area contributed by atoms with Crippen molar-refractivity contribution in [2.75, 3.05) is 45.6 Å². The van der Waals surface area contributed by atoms with E-state index in [9.17, 15) is 33.6 Å². The minimum Gasteiger partial charge on any atom is -0.368 e. The van der Waals surface area contributed by atoms with Crippen LogP contribution in [0.2, 0.25) is 0 Å². The fraction of sp³-hybridized carbons (Fsp3) is 0.741. The Morgan fingerprint density at radius 2 is 1.71 bits per heavy atom. The number of hydrogen-bond acceptors (Lipinski definition) is 11. The molecule has 0 aromatic rings. The summed E-state index contributed by atoms with van der Waals surface area (Å²) in [6, 6.07) is -0.812. The number of nitrogens with two attached hydrogens (primary N) is 1. The summed E-state index contributed by atoms with van der Waals surface area (Å²) in [6.45, 7) is 9.42. The van der Waals surface area contributed by atoms with Crippen LogP contribution in [0.5, 0.6) is 0 Å². The molecule has 240 valence electrons. The Kier molecular flexibility index (Phi) is 20.3. The first-order valence-electron chi connectivity index (χ1n) is 14.1. The molecule has 1 aliphatic rings. The molecule has 0 aliphatic carbocycles. The number of thioether (sulfide) groups is 1. The summed E-state index contributed by atoms with van der Waals surface area (Å²) < 4.78 is 10.8. The van der Waals surface area contributed by atoms with Gasteiger partial charge in [0, 0.05) is 44.8 Å². The van der Waals surface area contributed by atoms with E-state index in [4.69, 9.17) is 15.2 Å². The average molecular weight is 618 g/mol. The molecule has 4 unspecified atom stereocenters. The SMILES string of the molecule is CC.CCN1C(=O)CC(OCCNC(=O)C(CC(=O)NCCOC(C=O)CC(=O)NC)SCC(N)C(=O)C(C)C)C1=O. The normalized spacial score (nSPS) is 16.7. The van der Waals surface area contributed by atoms with E-state index in [0.29, 0.717) is 6.29 Å². The van der Waals surface area contributed by atoms with Crippen LogP contribution in [-0.4, -0.2) is 116 Å². The van der Waals surface area contributed by atoms with Gasteiger partial charge in [0.05, 0.1) is 37.3 Å². The lowest BCUT2D eigenvalue weighted by Crippen LogP contribution is -2.42. The van der Waals surface area contributed by atoms with Crippen molar-refractivity contribution in [2.45, 2.75) is 77.4 Å². The van der Waals surface area contributed by atoms with Gasteiger partial charge in [0.2, 0.25) is 23.6 Å². The van der Waals surface area contributed by atoms with E-state index in [0.717, 1.165) is 16.7 Å². The molecule has 1 rings (SSSR count). The van der Waals surface area contributed by atoms with Gasteiger partial charge >= 0.3 is 0 Å². The van der Waals surface area contributed by atoms with Crippen molar-refractivity contribution >= 4 is 53.4 Å². The third kappa shape index (κ3) is 14.3. The number of Topliss-reactive ketones (excluding diaryl/α,β-unsaturated/α-hetero) is 1. The summed E-state index contributed by atoms with van der Waals surface area (Å²) in [5.41, 5.74) is 5.96. The van der Waals surface area contributed by atoms with E-state index in [1.165, 1.54) is 7.05 Å². The molecule has 0 bridgehead atoms. The topological polar surface area (TPSA) is 203 Å². The van der Waals surface area contributed by atoms with E-state index in [1.54, 1.807) is 20.8 Å². The smallest absolute Gasteiger partial charge is 0.258 e. The summed E-state index contributed by atoms with van der Waals surface area (Å²) in [5, 5.41) is 6.75. The fourth-order valence-electron chi connectivity index (χ4n) is 3.63. The van der Waals surface area contributed by atoms with Gasteiger partial charge in [0.1, 0.15) is 18.5 Å². The summed E-state index contributed by atoms with van der Waals surface area (Å²) in [6.07, 6.45) is -1.76. The van der Waals surface area contributed by atoms with Crippen molar-refractivity contribution in [3.63, 3.8) is 0 Å². The summed E-state index contributed by atoms with van der Waals surface area (Å²) in [7, 11) is 1.44. The minimum atomic E-state index is -0.948. The monoisotopic (exact) mass is 617 g/mol. The van der Waals surface area contributed by atoms with Crippen molar-refractivity contribution in [1.29, 1.82) is 0 Å². The van der Waals surface area contributed by atoms with Crippen molar-refractivity contribution in [1.82, 2.24) is 20.9 Å². The van der Waals surface area contributed by atoms with Gasteiger partial charge in [0.15, 0.2) is 5.78 Å². The molecule has 0 aromatic carbocycles. The molecule has 14 nitrogen and oxygen atoms in total. The molecule has 4 atom stereocenters. The largest absolute Gasteiger partial charge is 0.368 e. The molecule has 0 aromatic heterocycles. The summed E-state index contributed by atoms with van der Waals surface area (Å²) in [4.78, 5) is 85.1. The van der Waals surface area contributed by atoms with Crippen LogP contribution in [0.3, 0.4) is 0 Å². The van der Waals surface area contributed by atoms with Gasteiger partial charge in [0.25, 0.3) is 5.91 Å². The molecule has 1 saturated heterocycles. The molecule has 5 amide bonds. The van der Waals surface area contributed by atoms with E-state index >= 15 is 0 Å². The number of nitrogens with zero attached hydrogens (tertiary/aromatic N) is 1. The maximum atomic E-state index is 12.9. The van der Waals surface area contributed by atoms with Crippen molar-refractivity contribution < 1.29 is 43.0 Å². The number of likely N-dealkylation sites (N-methyl/N-ethyl adjacent to an activating group) is 1. The van der Waals surface area contributed by atoms with Crippen molar-refractivity contribution in [3.05, 3.63) is 0 Å². The second-order valence-electron chi connectivity index (χ2n) is 9.29. The molecular formula is C27H47N5O9S. The molecule has 5 N–H and O–H groups in total. The van der Waals surface area contributed by atoms with Crippen LogP contribution < -0.4 is 21.7 Å². The number of nitrogens with one attached hydrogen (secondary N) is 3. The van der Waals surface area contributed by atoms with Crippen molar-refractivity contribution in [3.8, 4) is 0 Å². The minimum absolute atomic E-state index is 0.0206. The molecule has 1 aliphatic heterocycles. The molecular weight excluding hydrogens is 570 g/mol. The number of rotatable bonds is 20. The molecule has 0 spiro atoms. The highest BCUT2D eigenvalue weighted by molar-refractivity contribution is 8.00. The van der Waals surface area contributed by atoms with Crippen molar-refractivity contribution in [2.24, 2.45) is 11.7 Å². The van der Waals surface area contributed by atoms with Gasteiger partial charge in [-0.1, -0.05) is 27.7 Å². The number of carbonyl (C=O) groups is 7.